The molecule has 6 rings (SSSR count). The first-order chi connectivity index (χ1) is 22.0. The van der Waals surface area contributed by atoms with Gasteiger partial charge in [-0.15, -0.1) is 0 Å². The van der Waals surface area contributed by atoms with Crippen LogP contribution in [0.15, 0.2) is 84.9 Å². The number of rotatable bonds is 6. The molecule has 0 saturated heterocycles. The summed E-state index contributed by atoms with van der Waals surface area (Å²) in [6.07, 6.45) is 1.77. The Morgan fingerprint density at radius 2 is 0.702 bits per heavy atom. The highest BCUT2D eigenvalue weighted by Gasteiger charge is 2.23. The molecule has 2 heterocycles. The third kappa shape index (κ3) is 5.80. The molecule has 0 N–H and O–H groups in total. The van der Waals surface area contributed by atoms with E-state index in [1.54, 1.807) is 0 Å². The van der Waals surface area contributed by atoms with E-state index in [1.165, 1.54) is 54.9 Å². The fourth-order valence-electron chi connectivity index (χ4n) is 7.53. The van der Waals surface area contributed by atoms with E-state index in [-0.39, 0.29) is 16.5 Å². The summed E-state index contributed by atoms with van der Waals surface area (Å²) in [5.74, 6) is 0. The Morgan fingerprint density at radius 3 is 1.02 bits per heavy atom. The third-order valence-electron chi connectivity index (χ3n) is 10.0. The van der Waals surface area contributed by atoms with Crippen molar-refractivity contribution in [3.05, 3.63) is 140 Å². The molecule has 0 aliphatic rings. The van der Waals surface area contributed by atoms with Gasteiger partial charge in [0.2, 0.25) is 0 Å². The summed E-state index contributed by atoms with van der Waals surface area (Å²) in [4.78, 5) is 0. The summed E-state index contributed by atoms with van der Waals surface area (Å²) < 4.78 is 4.51. The van der Waals surface area contributed by atoms with Crippen molar-refractivity contribution in [2.45, 2.75) is 84.7 Å². The van der Waals surface area contributed by atoms with Gasteiger partial charge in [-0.1, -0.05) is 113 Å². The average Bonchev–Trinajstić information content (AvgIpc) is 3.41. The number of fused-ring (bicyclic) bond motifs is 2. The van der Waals surface area contributed by atoms with E-state index < -0.39 is 0 Å². The Hall–Kier alpha value is -4.56. The molecule has 0 aliphatic carbocycles. The average molecular weight is 619 g/mol. The highest BCUT2D eigenvalue weighted by atomic mass is 15.0. The van der Waals surface area contributed by atoms with Crippen LogP contribution in [-0.4, -0.2) is 9.13 Å². The first-order valence-electron chi connectivity index (χ1n) is 16.8. The van der Waals surface area contributed by atoms with Crippen molar-refractivity contribution in [2.75, 3.05) is 0 Å². The molecule has 2 heteroatoms. The standard InChI is InChI=1S/C45H50N2/c1-29-39-23-17-35(27-41(39)31(3)46(29)43(5,6)7)25-33-13-19-37(20-14-33)45(11,12)38-21-15-34(16-22-38)26-36-18-24-40-30(2)47(44(8,9)10)32(4)42(40)28-36/h13-24,27-28H,1-4,25-26H2,5-12H3. The summed E-state index contributed by atoms with van der Waals surface area (Å²) in [6, 6.07) is 31.8. The molecule has 0 spiro atoms. The molecule has 0 aliphatic heterocycles. The number of hydrogen-bond acceptors (Lipinski definition) is 0. The van der Waals surface area contributed by atoms with Gasteiger partial charge in [0.05, 0.1) is 0 Å². The van der Waals surface area contributed by atoms with E-state index >= 15 is 0 Å². The molecule has 0 radical (unpaired) electrons. The van der Waals surface area contributed by atoms with Gasteiger partial charge in [0.25, 0.3) is 0 Å². The second kappa shape index (κ2) is 11.3. The van der Waals surface area contributed by atoms with Gasteiger partial charge in [0.15, 0.2) is 0 Å². The van der Waals surface area contributed by atoms with Gasteiger partial charge in [-0.05, 0) is 99.9 Å². The van der Waals surface area contributed by atoms with Crippen LogP contribution in [0.4, 0.5) is 0 Å². The first-order valence-corrected chi connectivity index (χ1v) is 16.8. The van der Waals surface area contributed by atoms with Crippen LogP contribution in [0.25, 0.3) is 47.9 Å². The largest absolute Gasteiger partial charge is 0.336 e. The first kappa shape index (κ1) is 32.4. The van der Waals surface area contributed by atoms with E-state index in [2.05, 4.69) is 176 Å². The Bertz CT molecular complexity index is 2160. The fourth-order valence-corrected chi connectivity index (χ4v) is 7.53. The maximum absolute atomic E-state index is 4.42. The zero-order valence-electron chi connectivity index (χ0n) is 29.7. The van der Waals surface area contributed by atoms with Crippen molar-refractivity contribution >= 4 is 47.9 Å². The van der Waals surface area contributed by atoms with Crippen LogP contribution >= 0.6 is 0 Å². The van der Waals surface area contributed by atoms with Crippen LogP contribution in [0, 0.1) is 0 Å². The van der Waals surface area contributed by atoms with E-state index in [0.717, 1.165) is 34.2 Å². The predicted octanol–water partition coefficient (Wildman–Crippen LogP) is 8.25. The van der Waals surface area contributed by atoms with Crippen molar-refractivity contribution < 1.29 is 0 Å². The minimum atomic E-state index is -0.110. The Labute approximate surface area is 280 Å². The summed E-state index contributed by atoms with van der Waals surface area (Å²) in [5, 5.41) is 8.93. The topological polar surface area (TPSA) is 9.86 Å². The van der Waals surface area contributed by atoms with E-state index in [0.29, 0.717) is 0 Å². The van der Waals surface area contributed by atoms with Crippen LogP contribution in [0.2, 0.25) is 0 Å². The minimum Gasteiger partial charge on any atom is -0.336 e. The molecule has 0 bridgehead atoms. The van der Waals surface area contributed by atoms with E-state index in [9.17, 15) is 0 Å². The van der Waals surface area contributed by atoms with Gasteiger partial charge in [0, 0.05) is 59.4 Å². The maximum Gasteiger partial charge on any atom is 0.0423 e. The molecule has 2 aromatic heterocycles. The summed E-state index contributed by atoms with van der Waals surface area (Å²) in [5.41, 5.74) is 7.60. The molecule has 4 aromatic carbocycles. The van der Waals surface area contributed by atoms with Crippen LogP contribution in [-0.2, 0) is 29.3 Å². The van der Waals surface area contributed by atoms with Crippen molar-refractivity contribution in [1.82, 2.24) is 9.13 Å². The third-order valence-corrected chi connectivity index (χ3v) is 10.0. The molecule has 0 unspecified atom stereocenters. The fraction of sp³-hybridized carbons (Fsp3) is 0.289. The smallest absolute Gasteiger partial charge is 0.0423 e. The van der Waals surface area contributed by atoms with Crippen LogP contribution in [0.5, 0.6) is 0 Å². The molecule has 47 heavy (non-hydrogen) atoms. The SMILES string of the molecule is C=c1c2ccc(Cc3ccc(C(C)(C)c4ccc(Cc5ccc6c(=C)n(C(C)(C)C)c(=C)c6c5)cc4)cc3)cc2c(=C)n1C(C)(C)C. The normalized spacial score (nSPS) is 12.8. The summed E-state index contributed by atoms with van der Waals surface area (Å²) in [6.45, 7) is 35.5. The van der Waals surface area contributed by atoms with Gasteiger partial charge in [-0.2, -0.15) is 0 Å². The molecular weight excluding hydrogens is 569 g/mol. The van der Waals surface area contributed by atoms with Gasteiger partial charge in [0.1, 0.15) is 0 Å². The van der Waals surface area contributed by atoms with Crippen molar-refractivity contribution in [3.8, 4) is 0 Å². The van der Waals surface area contributed by atoms with Gasteiger partial charge in [-0.25, -0.2) is 0 Å². The quantitative estimate of drug-likeness (QED) is 0.178. The molecule has 0 fully saturated rings. The van der Waals surface area contributed by atoms with Crippen LogP contribution in [0.1, 0.15) is 88.8 Å². The lowest BCUT2D eigenvalue weighted by molar-refractivity contribution is 0.383. The predicted molar refractivity (Wildman–Crippen MR) is 205 cm³/mol. The number of benzene rings is 4. The number of nitrogens with zero attached hydrogens (tertiary/aromatic N) is 2. The number of hydrogen-bond donors (Lipinski definition) is 0. The van der Waals surface area contributed by atoms with E-state index in [1.807, 2.05) is 0 Å². The second-order valence-corrected chi connectivity index (χ2v) is 15.9. The Kier molecular flexibility index (Phi) is 7.79. The van der Waals surface area contributed by atoms with Crippen molar-refractivity contribution in [3.63, 3.8) is 0 Å². The Morgan fingerprint density at radius 1 is 0.404 bits per heavy atom. The molecule has 2 nitrogen and oxygen atoms in total. The van der Waals surface area contributed by atoms with Gasteiger partial charge >= 0.3 is 0 Å². The van der Waals surface area contributed by atoms with Crippen LogP contribution in [0.3, 0.4) is 0 Å². The second-order valence-electron chi connectivity index (χ2n) is 15.9. The number of aromatic nitrogens is 2. The van der Waals surface area contributed by atoms with Gasteiger partial charge in [-0.3, -0.25) is 0 Å². The lowest BCUT2D eigenvalue weighted by Gasteiger charge is -2.26. The molecule has 0 amide bonds. The lowest BCUT2D eigenvalue weighted by Crippen LogP contribution is -2.38. The van der Waals surface area contributed by atoms with Crippen LogP contribution < -0.4 is 21.4 Å². The summed E-state index contributed by atoms with van der Waals surface area (Å²) >= 11 is 0. The maximum atomic E-state index is 4.42. The minimum absolute atomic E-state index is 0.0560. The van der Waals surface area contributed by atoms with Crippen molar-refractivity contribution in [2.24, 2.45) is 0 Å². The highest BCUT2D eigenvalue weighted by Crippen LogP contribution is 2.32. The zero-order chi connectivity index (χ0) is 34.1. The lowest BCUT2D eigenvalue weighted by atomic mass is 9.77. The molecule has 0 atom stereocenters. The van der Waals surface area contributed by atoms with Gasteiger partial charge < -0.3 is 9.13 Å². The van der Waals surface area contributed by atoms with E-state index in [4.69, 9.17) is 0 Å². The molecule has 240 valence electrons. The highest BCUT2D eigenvalue weighted by molar-refractivity contribution is 5.85. The van der Waals surface area contributed by atoms with Crippen molar-refractivity contribution in [1.29, 1.82) is 0 Å². The molecular formula is C45H50N2. The molecule has 6 aromatic rings. The monoisotopic (exact) mass is 618 g/mol. The summed E-state index contributed by atoms with van der Waals surface area (Å²) in [7, 11) is 0. The Balaban J connectivity index is 1.18. The molecule has 0 saturated carbocycles. The zero-order valence-corrected chi connectivity index (χ0v) is 29.7.